The summed E-state index contributed by atoms with van der Waals surface area (Å²) < 4.78 is 4.71. The summed E-state index contributed by atoms with van der Waals surface area (Å²) in [6.07, 6.45) is 0.136. The van der Waals surface area contributed by atoms with E-state index in [4.69, 9.17) is 10.5 Å². The van der Waals surface area contributed by atoms with Crippen molar-refractivity contribution in [2.24, 2.45) is 5.73 Å². The Morgan fingerprint density at radius 1 is 1.62 bits per heavy atom. The summed E-state index contributed by atoms with van der Waals surface area (Å²) in [6.45, 7) is 2.29. The third-order valence-electron chi connectivity index (χ3n) is 2.67. The summed E-state index contributed by atoms with van der Waals surface area (Å²) in [5, 5.41) is 3.21. The van der Waals surface area contributed by atoms with Crippen LogP contribution < -0.4 is 11.1 Å². The largest absolute Gasteiger partial charge is 0.450 e. The van der Waals surface area contributed by atoms with E-state index in [0.29, 0.717) is 6.61 Å². The lowest BCUT2D eigenvalue weighted by Gasteiger charge is -2.47. The van der Waals surface area contributed by atoms with Crippen LogP contribution in [0.15, 0.2) is 0 Å². The van der Waals surface area contributed by atoms with Crippen molar-refractivity contribution in [3.05, 3.63) is 0 Å². The molecule has 0 aromatic carbocycles. The first-order valence-corrected chi connectivity index (χ1v) is 4.37. The van der Waals surface area contributed by atoms with Crippen LogP contribution in [-0.2, 0) is 4.74 Å². The zero-order valence-electron chi connectivity index (χ0n) is 8.17. The van der Waals surface area contributed by atoms with Crippen molar-refractivity contribution in [3.8, 4) is 0 Å². The lowest BCUT2D eigenvalue weighted by molar-refractivity contribution is 0.0502. The van der Waals surface area contributed by atoms with Gasteiger partial charge in [0.15, 0.2) is 0 Å². The predicted molar refractivity (Wildman–Crippen MR) is 49.4 cm³/mol. The van der Waals surface area contributed by atoms with Crippen molar-refractivity contribution < 1.29 is 9.53 Å². The van der Waals surface area contributed by atoms with Gasteiger partial charge in [0.1, 0.15) is 0 Å². The van der Waals surface area contributed by atoms with Gasteiger partial charge in [0.25, 0.3) is 0 Å². The van der Waals surface area contributed by atoms with Gasteiger partial charge >= 0.3 is 6.09 Å². The first kappa shape index (κ1) is 10.3. The standard InChI is InChI=1S/C8H17N3O2/c1-11(2)8(5-10-6-8)3-4-13-7(9)12/h10H,3-6H2,1-2H3,(H2,9,12). The van der Waals surface area contributed by atoms with Crippen LogP contribution in [0.4, 0.5) is 4.79 Å². The highest BCUT2D eigenvalue weighted by molar-refractivity contribution is 5.64. The fraction of sp³-hybridized carbons (Fsp3) is 0.875. The second-order valence-corrected chi connectivity index (χ2v) is 3.64. The highest BCUT2D eigenvalue weighted by atomic mass is 16.5. The summed E-state index contributed by atoms with van der Waals surface area (Å²) in [5.74, 6) is 0. The second-order valence-electron chi connectivity index (χ2n) is 3.64. The first-order valence-electron chi connectivity index (χ1n) is 4.37. The van der Waals surface area contributed by atoms with E-state index >= 15 is 0 Å². The molecular weight excluding hydrogens is 170 g/mol. The van der Waals surface area contributed by atoms with Crippen molar-refractivity contribution in [1.29, 1.82) is 0 Å². The first-order chi connectivity index (χ1) is 6.07. The van der Waals surface area contributed by atoms with Crippen LogP contribution in [0.3, 0.4) is 0 Å². The van der Waals surface area contributed by atoms with E-state index in [1.807, 2.05) is 14.1 Å². The zero-order chi connectivity index (χ0) is 9.90. The van der Waals surface area contributed by atoms with Crippen molar-refractivity contribution in [2.45, 2.75) is 12.0 Å². The van der Waals surface area contributed by atoms with Gasteiger partial charge < -0.3 is 20.7 Å². The quantitative estimate of drug-likeness (QED) is 0.615. The molecule has 76 valence electrons. The number of nitrogens with one attached hydrogen (secondary N) is 1. The molecule has 0 unspecified atom stereocenters. The maximum atomic E-state index is 10.3. The number of amides is 1. The number of primary amides is 1. The Bertz CT molecular complexity index is 190. The third kappa shape index (κ3) is 2.32. The molecule has 1 aliphatic heterocycles. The predicted octanol–water partition coefficient (Wildman–Crippen LogP) is -0.625. The van der Waals surface area contributed by atoms with E-state index in [1.54, 1.807) is 0 Å². The van der Waals surface area contributed by atoms with E-state index in [2.05, 4.69) is 10.2 Å². The van der Waals surface area contributed by atoms with E-state index < -0.39 is 6.09 Å². The number of carbonyl (C=O) groups is 1. The fourth-order valence-corrected chi connectivity index (χ4v) is 1.47. The van der Waals surface area contributed by atoms with Crippen LogP contribution >= 0.6 is 0 Å². The van der Waals surface area contributed by atoms with Crippen LogP contribution in [0.1, 0.15) is 6.42 Å². The van der Waals surface area contributed by atoms with Crippen molar-refractivity contribution in [3.63, 3.8) is 0 Å². The number of hydrogen-bond donors (Lipinski definition) is 2. The molecule has 0 aromatic rings. The number of nitrogens with zero attached hydrogens (tertiary/aromatic N) is 1. The molecule has 0 aliphatic carbocycles. The average Bonchev–Trinajstić information content (AvgIpc) is 1.93. The van der Waals surface area contributed by atoms with Crippen LogP contribution in [0.5, 0.6) is 0 Å². The molecular formula is C8H17N3O2. The van der Waals surface area contributed by atoms with Crippen LogP contribution in [-0.4, -0.2) is 50.3 Å². The maximum Gasteiger partial charge on any atom is 0.404 e. The van der Waals surface area contributed by atoms with Gasteiger partial charge in [0.05, 0.1) is 6.61 Å². The van der Waals surface area contributed by atoms with Crippen LogP contribution in [0, 0.1) is 0 Å². The molecule has 1 heterocycles. The summed E-state index contributed by atoms with van der Waals surface area (Å²) in [4.78, 5) is 12.5. The van der Waals surface area contributed by atoms with Gasteiger partial charge in [-0.15, -0.1) is 0 Å². The SMILES string of the molecule is CN(C)C1(CCOC(N)=O)CNC1. The lowest BCUT2D eigenvalue weighted by Crippen LogP contribution is -2.67. The average molecular weight is 187 g/mol. The summed E-state index contributed by atoms with van der Waals surface area (Å²) in [7, 11) is 4.07. The zero-order valence-corrected chi connectivity index (χ0v) is 8.17. The molecule has 1 aliphatic rings. The highest BCUT2D eigenvalue weighted by Crippen LogP contribution is 2.21. The minimum atomic E-state index is -0.693. The molecule has 3 N–H and O–H groups in total. The Morgan fingerprint density at radius 3 is 2.54 bits per heavy atom. The molecule has 5 nitrogen and oxygen atoms in total. The van der Waals surface area contributed by atoms with Gasteiger partial charge in [-0.25, -0.2) is 4.79 Å². The van der Waals surface area contributed by atoms with Crippen LogP contribution in [0.25, 0.3) is 0 Å². The van der Waals surface area contributed by atoms with Crippen molar-refractivity contribution in [1.82, 2.24) is 10.2 Å². The van der Waals surface area contributed by atoms with Gasteiger partial charge in [-0.2, -0.15) is 0 Å². The third-order valence-corrected chi connectivity index (χ3v) is 2.67. The second kappa shape index (κ2) is 3.93. The Hall–Kier alpha value is -0.810. The Labute approximate surface area is 78.2 Å². The molecule has 0 saturated carbocycles. The van der Waals surface area contributed by atoms with E-state index in [-0.39, 0.29) is 5.54 Å². The van der Waals surface area contributed by atoms with Gasteiger partial charge in [0, 0.05) is 25.0 Å². The minimum absolute atomic E-state index is 0.148. The van der Waals surface area contributed by atoms with Crippen molar-refractivity contribution >= 4 is 6.09 Å². The van der Waals surface area contributed by atoms with E-state index in [1.165, 1.54) is 0 Å². The monoisotopic (exact) mass is 187 g/mol. The fourth-order valence-electron chi connectivity index (χ4n) is 1.47. The lowest BCUT2D eigenvalue weighted by atomic mass is 9.88. The molecule has 1 rings (SSSR count). The Morgan fingerprint density at radius 2 is 2.23 bits per heavy atom. The molecule has 0 spiro atoms. The van der Waals surface area contributed by atoms with Crippen LogP contribution in [0.2, 0.25) is 0 Å². The maximum absolute atomic E-state index is 10.3. The molecule has 0 bridgehead atoms. The molecule has 5 heteroatoms. The minimum Gasteiger partial charge on any atom is -0.450 e. The number of nitrogens with two attached hydrogens (primary N) is 1. The molecule has 1 amide bonds. The van der Waals surface area contributed by atoms with Gasteiger partial charge in [-0.1, -0.05) is 0 Å². The molecule has 0 radical (unpaired) electrons. The van der Waals surface area contributed by atoms with E-state index in [9.17, 15) is 4.79 Å². The van der Waals surface area contributed by atoms with E-state index in [0.717, 1.165) is 19.5 Å². The summed E-state index contributed by atoms with van der Waals surface area (Å²) in [5.41, 5.74) is 5.02. The number of hydrogen-bond acceptors (Lipinski definition) is 4. The van der Waals surface area contributed by atoms with Gasteiger partial charge in [0.2, 0.25) is 0 Å². The molecule has 1 saturated heterocycles. The molecule has 1 fully saturated rings. The molecule has 0 atom stereocenters. The number of rotatable bonds is 4. The normalized spacial score (nSPS) is 19.6. The molecule has 0 aromatic heterocycles. The summed E-state index contributed by atoms with van der Waals surface area (Å²) >= 11 is 0. The topological polar surface area (TPSA) is 67.6 Å². The molecule has 13 heavy (non-hydrogen) atoms. The number of ether oxygens (including phenoxy) is 1. The van der Waals surface area contributed by atoms with Gasteiger partial charge in [-0.3, -0.25) is 0 Å². The van der Waals surface area contributed by atoms with Crippen molar-refractivity contribution in [2.75, 3.05) is 33.8 Å². The smallest absolute Gasteiger partial charge is 0.404 e. The van der Waals surface area contributed by atoms with Gasteiger partial charge in [-0.05, 0) is 14.1 Å². The Balaban J connectivity index is 2.28. The summed E-state index contributed by atoms with van der Waals surface area (Å²) in [6, 6.07) is 0. The number of carbonyl (C=O) groups excluding carboxylic acids is 1. The highest BCUT2D eigenvalue weighted by Gasteiger charge is 2.38. The number of likely N-dealkylation sites (N-methyl/N-ethyl adjacent to an activating group) is 1. The Kier molecular flexibility index (Phi) is 3.11.